The molecule has 1 fully saturated rings. The molecule has 0 spiro atoms. The summed E-state index contributed by atoms with van der Waals surface area (Å²) >= 11 is 1.37. The Balaban J connectivity index is 1.86. The van der Waals surface area contributed by atoms with Crippen molar-refractivity contribution < 1.29 is 9.59 Å². The molecule has 1 aromatic heterocycles. The number of thiazole rings is 1. The second-order valence-electron chi connectivity index (χ2n) is 4.46. The van der Waals surface area contributed by atoms with Crippen molar-refractivity contribution in [1.29, 1.82) is 0 Å². The molecule has 98 valence electrons. The first-order chi connectivity index (χ1) is 8.69. The lowest BCUT2D eigenvalue weighted by Gasteiger charge is -2.21. The van der Waals surface area contributed by atoms with Crippen LogP contribution < -0.4 is 5.32 Å². The van der Waals surface area contributed by atoms with Crippen LogP contribution in [0.3, 0.4) is 0 Å². The van der Waals surface area contributed by atoms with Crippen LogP contribution in [0.2, 0.25) is 0 Å². The maximum absolute atomic E-state index is 11.8. The second-order valence-corrected chi connectivity index (χ2v) is 5.35. The Kier molecular flexibility index (Phi) is 4.30. The van der Waals surface area contributed by atoms with Gasteiger partial charge in [-0.05, 0) is 18.8 Å². The number of hydrogen-bond acceptors (Lipinski definition) is 4. The zero-order valence-corrected chi connectivity index (χ0v) is 11.2. The molecular formula is C12H17N3O2S. The summed E-state index contributed by atoms with van der Waals surface area (Å²) in [7, 11) is 0. The fourth-order valence-corrected chi connectivity index (χ4v) is 2.25. The molecule has 0 unspecified atom stereocenters. The topological polar surface area (TPSA) is 62.3 Å². The van der Waals surface area contributed by atoms with Gasteiger partial charge in [0.25, 0.3) is 0 Å². The van der Waals surface area contributed by atoms with Crippen LogP contribution in [-0.2, 0) is 9.59 Å². The second kappa shape index (κ2) is 5.95. The van der Waals surface area contributed by atoms with E-state index in [1.807, 2.05) is 6.92 Å². The van der Waals surface area contributed by atoms with Gasteiger partial charge in [-0.1, -0.05) is 6.92 Å². The molecule has 0 bridgehead atoms. The highest BCUT2D eigenvalue weighted by molar-refractivity contribution is 7.13. The van der Waals surface area contributed by atoms with Gasteiger partial charge in [-0.3, -0.25) is 9.59 Å². The molecule has 6 heteroatoms. The lowest BCUT2D eigenvalue weighted by atomic mass is 10.3. The Morgan fingerprint density at radius 3 is 2.89 bits per heavy atom. The summed E-state index contributed by atoms with van der Waals surface area (Å²) in [5, 5.41) is 5.08. The molecule has 1 heterocycles. The van der Waals surface area contributed by atoms with Crippen molar-refractivity contribution in [2.24, 2.45) is 5.92 Å². The fraction of sp³-hybridized carbons (Fsp3) is 0.583. The summed E-state index contributed by atoms with van der Waals surface area (Å²) in [5.74, 6) is 0.455. The first-order valence-corrected chi connectivity index (χ1v) is 7.04. The summed E-state index contributed by atoms with van der Waals surface area (Å²) in [6.07, 6.45) is 4.42. The van der Waals surface area contributed by atoms with Crippen molar-refractivity contribution in [3.8, 4) is 0 Å². The summed E-state index contributed by atoms with van der Waals surface area (Å²) < 4.78 is 0. The molecule has 0 aliphatic heterocycles. The molecule has 2 rings (SSSR count). The van der Waals surface area contributed by atoms with Crippen LogP contribution in [0, 0.1) is 5.92 Å². The van der Waals surface area contributed by atoms with Gasteiger partial charge in [0.2, 0.25) is 11.8 Å². The average Bonchev–Trinajstić information content (AvgIpc) is 3.03. The molecule has 2 amide bonds. The molecule has 0 atom stereocenters. The third kappa shape index (κ3) is 3.80. The van der Waals surface area contributed by atoms with Crippen molar-refractivity contribution in [1.82, 2.24) is 9.88 Å². The van der Waals surface area contributed by atoms with Gasteiger partial charge in [0, 0.05) is 24.5 Å². The highest BCUT2D eigenvalue weighted by Gasteiger charge is 2.27. The number of nitrogens with one attached hydrogen (secondary N) is 1. The van der Waals surface area contributed by atoms with Gasteiger partial charge in [-0.2, -0.15) is 0 Å². The van der Waals surface area contributed by atoms with Crippen LogP contribution >= 0.6 is 11.3 Å². The first kappa shape index (κ1) is 13.0. The fourth-order valence-electron chi connectivity index (χ4n) is 1.71. The van der Waals surface area contributed by atoms with Crippen molar-refractivity contribution in [2.75, 3.05) is 18.4 Å². The van der Waals surface area contributed by atoms with E-state index in [-0.39, 0.29) is 18.4 Å². The van der Waals surface area contributed by atoms with E-state index < -0.39 is 0 Å². The Bertz CT molecular complexity index is 415. The predicted octanol–water partition coefficient (Wildman–Crippen LogP) is 1.73. The monoisotopic (exact) mass is 267 g/mol. The number of carbonyl (C=O) groups is 2. The summed E-state index contributed by atoms with van der Waals surface area (Å²) in [4.78, 5) is 29.2. The Labute approximate surface area is 110 Å². The molecule has 1 N–H and O–H groups in total. The Hall–Kier alpha value is -1.43. The van der Waals surface area contributed by atoms with E-state index >= 15 is 0 Å². The molecular weight excluding hydrogens is 250 g/mol. The van der Waals surface area contributed by atoms with Gasteiger partial charge in [-0.15, -0.1) is 11.3 Å². The first-order valence-electron chi connectivity index (χ1n) is 6.16. The van der Waals surface area contributed by atoms with E-state index in [0.717, 1.165) is 0 Å². The minimum atomic E-state index is -0.174. The summed E-state index contributed by atoms with van der Waals surface area (Å²) in [6.45, 7) is 2.65. The SMILES string of the molecule is CCC(=O)N(CC(=O)Nc1nccs1)CC1CC1. The van der Waals surface area contributed by atoms with E-state index in [4.69, 9.17) is 0 Å². The van der Waals surface area contributed by atoms with Crippen molar-refractivity contribution in [2.45, 2.75) is 26.2 Å². The maximum Gasteiger partial charge on any atom is 0.245 e. The summed E-state index contributed by atoms with van der Waals surface area (Å²) in [5.41, 5.74) is 0. The van der Waals surface area contributed by atoms with E-state index in [0.29, 0.717) is 24.0 Å². The largest absolute Gasteiger partial charge is 0.333 e. The van der Waals surface area contributed by atoms with Crippen LogP contribution in [0.25, 0.3) is 0 Å². The lowest BCUT2D eigenvalue weighted by Crippen LogP contribution is -2.38. The smallest absolute Gasteiger partial charge is 0.245 e. The Morgan fingerprint density at radius 1 is 1.56 bits per heavy atom. The predicted molar refractivity (Wildman–Crippen MR) is 70.3 cm³/mol. The van der Waals surface area contributed by atoms with E-state index in [1.54, 1.807) is 16.5 Å². The highest BCUT2D eigenvalue weighted by Crippen LogP contribution is 2.29. The van der Waals surface area contributed by atoms with E-state index in [1.165, 1.54) is 24.2 Å². The van der Waals surface area contributed by atoms with Crippen molar-refractivity contribution >= 4 is 28.3 Å². The van der Waals surface area contributed by atoms with Crippen LogP contribution in [0.15, 0.2) is 11.6 Å². The number of rotatable bonds is 6. The number of aromatic nitrogens is 1. The molecule has 1 aliphatic rings. The summed E-state index contributed by atoms with van der Waals surface area (Å²) in [6, 6.07) is 0. The van der Waals surface area contributed by atoms with Gasteiger partial charge in [-0.25, -0.2) is 4.98 Å². The highest BCUT2D eigenvalue weighted by atomic mass is 32.1. The normalized spacial score (nSPS) is 14.3. The van der Waals surface area contributed by atoms with Crippen LogP contribution in [0.4, 0.5) is 5.13 Å². The molecule has 1 aliphatic carbocycles. The van der Waals surface area contributed by atoms with Gasteiger partial charge in [0.05, 0.1) is 6.54 Å². The zero-order chi connectivity index (χ0) is 13.0. The quantitative estimate of drug-likeness (QED) is 0.853. The Morgan fingerprint density at radius 2 is 2.33 bits per heavy atom. The number of carbonyl (C=O) groups excluding carboxylic acids is 2. The van der Waals surface area contributed by atoms with Crippen molar-refractivity contribution in [3.05, 3.63) is 11.6 Å². The number of nitrogens with zero attached hydrogens (tertiary/aromatic N) is 2. The molecule has 1 aromatic rings. The van der Waals surface area contributed by atoms with Crippen LogP contribution in [-0.4, -0.2) is 34.8 Å². The minimum absolute atomic E-state index is 0.0381. The molecule has 0 saturated heterocycles. The molecule has 1 saturated carbocycles. The lowest BCUT2D eigenvalue weighted by molar-refractivity contribution is -0.134. The number of hydrogen-bond donors (Lipinski definition) is 1. The zero-order valence-electron chi connectivity index (χ0n) is 10.4. The van der Waals surface area contributed by atoms with Crippen molar-refractivity contribution in [3.63, 3.8) is 0 Å². The average molecular weight is 267 g/mol. The third-order valence-corrected chi connectivity index (χ3v) is 3.53. The minimum Gasteiger partial charge on any atom is -0.333 e. The van der Waals surface area contributed by atoms with Crippen LogP contribution in [0.1, 0.15) is 26.2 Å². The molecule has 0 aromatic carbocycles. The molecule has 18 heavy (non-hydrogen) atoms. The molecule has 5 nitrogen and oxygen atoms in total. The van der Waals surface area contributed by atoms with Crippen LogP contribution in [0.5, 0.6) is 0 Å². The molecule has 0 radical (unpaired) electrons. The van der Waals surface area contributed by atoms with Gasteiger partial charge < -0.3 is 10.2 Å². The third-order valence-electron chi connectivity index (χ3n) is 2.84. The number of anilines is 1. The van der Waals surface area contributed by atoms with E-state index in [2.05, 4.69) is 10.3 Å². The number of amides is 2. The van der Waals surface area contributed by atoms with E-state index in [9.17, 15) is 9.59 Å². The van der Waals surface area contributed by atoms with Gasteiger partial charge >= 0.3 is 0 Å². The van der Waals surface area contributed by atoms with Gasteiger partial charge in [0.15, 0.2) is 5.13 Å². The van der Waals surface area contributed by atoms with Gasteiger partial charge in [0.1, 0.15) is 0 Å². The maximum atomic E-state index is 11.8. The standard InChI is InChI=1S/C12H17N3O2S/c1-2-11(17)15(7-9-3-4-9)8-10(16)14-12-13-5-6-18-12/h5-6,9H,2-4,7-8H2,1H3,(H,13,14,16).